The van der Waals surface area contributed by atoms with E-state index in [9.17, 15) is 22.8 Å². The van der Waals surface area contributed by atoms with Crippen LogP contribution < -0.4 is 5.32 Å². The molecule has 5 aromatic rings. The summed E-state index contributed by atoms with van der Waals surface area (Å²) in [6.07, 6.45) is -3.79. The van der Waals surface area contributed by atoms with Crippen LogP contribution in [0.2, 0.25) is 0 Å². The second kappa shape index (κ2) is 12.2. The Hall–Kier alpha value is -5.17. The molecule has 0 atom stereocenters. The lowest BCUT2D eigenvalue weighted by molar-refractivity contribution is -0.137. The summed E-state index contributed by atoms with van der Waals surface area (Å²) in [6.45, 7) is 1.02. The van der Waals surface area contributed by atoms with Gasteiger partial charge in [0.05, 0.1) is 11.5 Å². The second-order valence-electron chi connectivity index (χ2n) is 10.8. The van der Waals surface area contributed by atoms with E-state index in [0.717, 1.165) is 34.4 Å². The molecule has 220 valence electrons. The van der Waals surface area contributed by atoms with Crippen molar-refractivity contribution in [3.63, 3.8) is 0 Å². The number of rotatable bonds is 6. The Labute approximate surface area is 253 Å². The van der Waals surface area contributed by atoms with Gasteiger partial charge >= 0.3 is 6.18 Å². The Balaban J connectivity index is 1.19. The summed E-state index contributed by atoms with van der Waals surface area (Å²) in [5.41, 5.74) is 5.25. The van der Waals surface area contributed by atoms with Crippen molar-refractivity contribution in [3.8, 4) is 11.1 Å². The highest BCUT2D eigenvalue weighted by Gasteiger charge is 2.31. The number of carbonyl (C=O) groups is 2. The van der Waals surface area contributed by atoms with Crippen molar-refractivity contribution in [2.75, 3.05) is 11.9 Å². The van der Waals surface area contributed by atoms with Gasteiger partial charge in [-0.05, 0) is 70.1 Å². The van der Waals surface area contributed by atoms with E-state index in [4.69, 9.17) is 0 Å². The van der Waals surface area contributed by atoms with Gasteiger partial charge < -0.3 is 10.2 Å². The largest absolute Gasteiger partial charge is 0.416 e. The Morgan fingerprint density at radius 3 is 1.95 bits per heavy atom. The van der Waals surface area contributed by atoms with Gasteiger partial charge in [0, 0.05) is 24.3 Å². The average molecular weight is 591 g/mol. The molecule has 0 bridgehead atoms. The van der Waals surface area contributed by atoms with Crippen LogP contribution in [-0.2, 0) is 23.9 Å². The van der Waals surface area contributed by atoms with Crippen molar-refractivity contribution in [1.82, 2.24) is 4.90 Å². The lowest BCUT2D eigenvalue weighted by Gasteiger charge is -2.32. The Morgan fingerprint density at radius 2 is 1.32 bits per heavy atom. The Kier molecular flexibility index (Phi) is 8.03. The number of hydrogen-bond donors (Lipinski definition) is 1. The fourth-order valence-corrected chi connectivity index (χ4v) is 5.74. The van der Waals surface area contributed by atoms with Crippen LogP contribution in [0, 0.1) is 0 Å². The minimum absolute atomic E-state index is 0.0466. The molecule has 1 aliphatic rings. The molecule has 5 aromatic carbocycles. The first kappa shape index (κ1) is 28.9. The standard InChI is InChI=1S/C37H29F3N2O2/c38-37(39,40)30-18-15-25(16-19-30)32-13-7-8-14-33(32)35(43)41-31-20-17-29-24-42(22-21-28(29)23-31)36(44)34(26-9-3-1-4-10-26)27-11-5-2-6-12-27/h1-20,23,34H,21-22,24H2,(H,41,43). The van der Waals surface area contributed by atoms with E-state index in [0.29, 0.717) is 41.9 Å². The Bertz CT molecular complexity index is 1750. The summed E-state index contributed by atoms with van der Waals surface area (Å²) < 4.78 is 39.1. The molecular formula is C37H29F3N2O2. The number of amides is 2. The summed E-state index contributed by atoms with van der Waals surface area (Å²) in [4.78, 5) is 29.1. The highest BCUT2D eigenvalue weighted by molar-refractivity contribution is 6.08. The van der Waals surface area contributed by atoms with E-state index < -0.39 is 17.7 Å². The van der Waals surface area contributed by atoms with Gasteiger partial charge in [0.25, 0.3) is 5.91 Å². The van der Waals surface area contributed by atoms with Crippen molar-refractivity contribution in [1.29, 1.82) is 0 Å². The lowest BCUT2D eigenvalue weighted by Crippen LogP contribution is -2.39. The summed E-state index contributed by atoms with van der Waals surface area (Å²) in [5.74, 6) is -0.714. The lowest BCUT2D eigenvalue weighted by atomic mass is 9.89. The van der Waals surface area contributed by atoms with Gasteiger partial charge in [-0.15, -0.1) is 0 Å². The van der Waals surface area contributed by atoms with Crippen LogP contribution in [0.4, 0.5) is 18.9 Å². The zero-order valence-corrected chi connectivity index (χ0v) is 23.7. The number of anilines is 1. The number of halogens is 3. The topological polar surface area (TPSA) is 49.4 Å². The first-order chi connectivity index (χ1) is 21.3. The van der Waals surface area contributed by atoms with Crippen LogP contribution >= 0.6 is 0 Å². The molecule has 6 rings (SSSR count). The van der Waals surface area contributed by atoms with Crippen molar-refractivity contribution < 1.29 is 22.8 Å². The number of nitrogens with one attached hydrogen (secondary N) is 1. The van der Waals surface area contributed by atoms with Crippen molar-refractivity contribution >= 4 is 17.5 Å². The molecule has 0 aromatic heterocycles. The van der Waals surface area contributed by atoms with Crippen molar-refractivity contribution in [2.24, 2.45) is 0 Å². The maximum Gasteiger partial charge on any atom is 0.416 e. The zero-order chi connectivity index (χ0) is 30.7. The number of carbonyl (C=O) groups excluding carboxylic acids is 2. The SMILES string of the molecule is O=C(Nc1ccc2c(c1)CCN(C(=O)C(c1ccccc1)c1ccccc1)C2)c1ccccc1-c1ccc(C(F)(F)F)cc1. The number of hydrogen-bond acceptors (Lipinski definition) is 2. The molecule has 0 fully saturated rings. The molecule has 7 heteroatoms. The molecule has 4 nitrogen and oxygen atoms in total. The van der Waals surface area contributed by atoms with E-state index in [1.807, 2.05) is 83.8 Å². The molecule has 2 amide bonds. The van der Waals surface area contributed by atoms with Gasteiger partial charge in [0.1, 0.15) is 0 Å². The smallest absolute Gasteiger partial charge is 0.337 e. The minimum Gasteiger partial charge on any atom is -0.337 e. The first-order valence-corrected chi connectivity index (χ1v) is 14.4. The highest BCUT2D eigenvalue weighted by atomic mass is 19.4. The molecule has 1 heterocycles. The summed E-state index contributed by atoms with van der Waals surface area (Å²) in [7, 11) is 0. The van der Waals surface area contributed by atoms with E-state index in [-0.39, 0.29) is 11.8 Å². The molecule has 1 aliphatic heterocycles. The summed E-state index contributed by atoms with van der Waals surface area (Å²) in [5, 5.41) is 2.95. The zero-order valence-electron chi connectivity index (χ0n) is 23.7. The van der Waals surface area contributed by atoms with Crippen LogP contribution in [0.5, 0.6) is 0 Å². The number of benzene rings is 5. The molecule has 0 unspecified atom stereocenters. The van der Waals surface area contributed by atoms with Crippen molar-refractivity contribution in [3.05, 3.63) is 161 Å². The number of nitrogens with zero attached hydrogens (tertiary/aromatic N) is 1. The van der Waals surface area contributed by atoms with Gasteiger partial charge in [-0.2, -0.15) is 13.2 Å². The summed E-state index contributed by atoms with van der Waals surface area (Å²) in [6, 6.07) is 36.9. The molecule has 0 saturated carbocycles. The van der Waals surface area contributed by atoms with Crippen molar-refractivity contribution in [2.45, 2.75) is 25.1 Å². The molecule has 0 spiro atoms. The second-order valence-corrected chi connectivity index (χ2v) is 10.8. The third-order valence-corrected chi connectivity index (χ3v) is 8.00. The van der Waals surface area contributed by atoms with E-state index in [2.05, 4.69) is 5.32 Å². The highest BCUT2D eigenvalue weighted by Crippen LogP contribution is 2.33. The fourth-order valence-electron chi connectivity index (χ4n) is 5.74. The Morgan fingerprint density at radius 1 is 0.705 bits per heavy atom. The quantitative estimate of drug-likeness (QED) is 0.216. The van der Waals surface area contributed by atoms with Gasteiger partial charge in [-0.3, -0.25) is 9.59 Å². The first-order valence-electron chi connectivity index (χ1n) is 14.4. The minimum atomic E-state index is -4.43. The third kappa shape index (κ3) is 6.13. The van der Waals surface area contributed by atoms with E-state index >= 15 is 0 Å². The third-order valence-electron chi connectivity index (χ3n) is 8.00. The maximum absolute atomic E-state index is 13.9. The molecule has 1 N–H and O–H groups in total. The molecule has 44 heavy (non-hydrogen) atoms. The predicted octanol–water partition coefficient (Wildman–Crippen LogP) is 8.34. The van der Waals surface area contributed by atoms with Gasteiger partial charge in [-0.25, -0.2) is 0 Å². The van der Waals surface area contributed by atoms with Gasteiger partial charge in [-0.1, -0.05) is 97.1 Å². The van der Waals surface area contributed by atoms with Crippen LogP contribution in [0.15, 0.2) is 127 Å². The fraction of sp³-hybridized carbons (Fsp3) is 0.135. The van der Waals surface area contributed by atoms with Crippen LogP contribution in [0.3, 0.4) is 0 Å². The molecule has 0 aliphatic carbocycles. The molecule has 0 saturated heterocycles. The van der Waals surface area contributed by atoms with E-state index in [1.165, 1.54) is 12.1 Å². The maximum atomic E-state index is 13.9. The van der Waals surface area contributed by atoms with Crippen LogP contribution in [0.1, 0.15) is 44.1 Å². The summed E-state index contributed by atoms with van der Waals surface area (Å²) >= 11 is 0. The normalized spacial score (nSPS) is 13.0. The van der Waals surface area contributed by atoms with E-state index in [1.54, 1.807) is 24.3 Å². The predicted molar refractivity (Wildman–Crippen MR) is 165 cm³/mol. The van der Waals surface area contributed by atoms with Crippen LogP contribution in [0.25, 0.3) is 11.1 Å². The van der Waals surface area contributed by atoms with Crippen LogP contribution in [-0.4, -0.2) is 23.3 Å². The average Bonchev–Trinajstić information content (AvgIpc) is 3.05. The monoisotopic (exact) mass is 590 g/mol. The molecule has 0 radical (unpaired) electrons. The van der Waals surface area contributed by atoms with Gasteiger partial charge in [0.2, 0.25) is 5.91 Å². The number of fused-ring (bicyclic) bond motifs is 1. The number of alkyl halides is 3. The van der Waals surface area contributed by atoms with Gasteiger partial charge in [0.15, 0.2) is 0 Å². The molecular weight excluding hydrogens is 561 g/mol.